The molecule has 2 N–H and O–H groups in total. The van der Waals surface area contributed by atoms with Crippen molar-refractivity contribution in [3.8, 4) is 5.75 Å². The quantitative estimate of drug-likeness (QED) is 0.907. The third kappa shape index (κ3) is 2.30. The Morgan fingerprint density at radius 3 is 2.88 bits per heavy atom. The van der Waals surface area contributed by atoms with Crippen LogP contribution in [0.5, 0.6) is 5.75 Å². The van der Waals surface area contributed by atoms with Gasteiger partial charge >= 0.3 is 0 Å². The standard InChI is InChI=1S/C12H14BrClN2O/c1-15-6-5-8-11(13)10-7(14)3-4-9(17-2)12(10)16-8/h3-4,15-16H,5-6H2,1-2H3. The maximum atomic E-state index is 6.22. The summed E-state index contributed by atoms with van der Waals surface area (Å²) >= 11 is 9.81. The van der Waals surface area contributed by atoms with Crippen molar-refractivity contribution < 1.29 is 4.74 Å². The van der Waals surface area contributed by atoms with Crippen LogP contribution in [-0.2, 0) is 6.42 Å². The Bertz CT molecular complexity index is 539. The lowest BCUT2D eigenvalue weighted by molar-refractivity contribution is 0.419. The first-order chi connectivity index (χ1) is 8.19. The van der Waals surface area contributed by atoms with Gasteiger partial charge in [0.25, 0.3) is 0 Å². The molecule has 1 heterocycles. The number of rotatable bonds is 4. The average molecular weight is 318 g/mol. The molecule has 92 valence electrons. The summed E-state index contributed by atoms with van der Waals surface area (Å²) in [6, 6.07) is 3.72. The predicted molar refractivity (Wildman–Crippen MR) is 75.2 cm³/mol. The van der Waals surface area contributed by atoms with Crippen LogP contribution in [0, 0.1) is 0 Å². The highest BCUT2D eigenvalue weighted by atomic mass is 79.9. The van der Waals surface area contributed by atoms with Crippen molar-refractivity contribution in [2.45, 2.75) is 6.42 Å². The lowest BCUT2D eigenvalue weighted by atomic mass is 10.2. The number of nitrogens with one attached hydrogen (secondary N) is 2. The highest BCUT2D eigenvalue weighted by molar-refractivity contribution is 9.10. The summed E-state index contributed by atoms with van der Waals surface area (Å²) in [7, 11) is 3.59. The van der Waals surface area contributed by atoms with Crippen LogP contribution in [0.15, 0.2) is 16.6 Å². The molecule has 0 fully saturated rings. The second kappa shape index (κ2) is 5.29. The Labute approximate surface area is 114 Å². The molecular weight excluding hydrogens is 304 g/mol. The number of aromatic amines is 1. The van der Waals surface area contributed by atoms with Crippen molar-refractivity contribution >= 4 is 38.4 Å². The first-order valence-corrected chi connectivity index (χ1v) is 6.53. The van der Waals surface area contributed by atoms with Gasteiger partial charge in [-0.05, 0) is 35.1 Å². The Hall–Kier alpha value is -0.710. The molecule has 0 bridgehead atoms. The minimum atomic E-state index is 0.722. The number of halogens is 2. The van der Waals surface area contributed by atoms with Crippen molar-refractivity contribution in [2.24, 2.45) is 0 Å². The average Bonchev–Trinajstić information content (AvgIpc) is 2.66. The van der Waals surface area contributed by atoms with Gasteiger partial charge in [0.05, 0.1) is 17.6 Å². The number of aromatic nitrogens is 1. The molecule has 5 heteroatoms. The van der Waals surface area contributed by atoms with E-state index in [1.54, 1.807) is 7.11 Å². The van der Waals surface area contributed by atoms with E-state index in [2.05, 4.69) is 26.2 Å². The molecule has 3 nitrogen and oxygen atoms in total. The van der Waals surface area contributed by atoms with E-state index in [1.807, 2.05) is 19.2 Å². The van der Waals surface area contributed by atoms with E-state index in [0.29, 0.717) is 0 Å². The molecule has 0 amide bonds. The molecule has 0 saturated heterocycles. The van der Waals surface area contributed by atoms with Crippen molar-refractivity contribution in [1.29, 1.82) is 0 Å². The van der Waals surface area contributed by atoms with Crippen molar-refractivity contribution in [3.05, 3.63) is 27.3 Å². The number of H-pyrrole nitrogens is 1. The Kier molecular flexibility index (Phi) is 3.97. The number of benzene rings is 1. The zero-order valence-electron chi connectivity index (χ0n) is 9.73. The summed E-state index contributed by atoms with van der Waals surface area (Å²) in [5.41, 5.74) is 2.07. The topological polar surface area (TPSA) is 37.0 Å². The van der Waals surface area contributed by atoms with Gasteiger partial charge in [-0.1, -0.05) is 11.6 Å². The molecule has 0 spiro atoms. The molecule has 0 aliphatic heterocycles. The van der Waals surface area contributed by atoms with Crippen LogP contribution >= 0.6 is 27.5 Å². The molecular formula is C12H14BrClN2O. The van der Waals surface area contributed by atoms with E-state index in [0.717, 1.165) is 44.8 Å². The fraction of sp³-hybridized carbons (Fsp3) is 0.333. The molecule has 0 radical (unpaired) electrons. The Balaban J connectivity index is 2.59. The molecule has 17 heavy (non-hydrogen) atoms. The third-order valence-electron chi connectivity index (χ3n) is 2.72. The number of hydrogen-bond donors (Lipinski definition) is 2. The highest BCUT2D eigenvalue weighted by Crippen LogP contribution is 2.38. The molecule has 0 unspecified atom stereocenters. The van der Waals surface area contributed by atoms with Gasteiger partial charge in [0.15, 0.2) is 0 Å². The maximum absolute atomic E-state index is 6.22. The number of ether oxygens (including phenoxy) is 1. The van der Waals surface area contributed by atoms with Gasteiger partial charge in [0.1, 0.15) is 5.75 Å². The van der Waals surface area contributed by atoms with Crippen molar-refractivity contribution in [3.63, 3.8) is 0 Å². The molecule has 1 aromatic carbocycles. The minimum Gasteiger partial charge on any atom is -0.495 e. The van der Waals surface area contributed by atoms with Crippen LogP contribution in [0.25, 0.3) is 10.9 Å². The summed E-state index contributed by atoms with van der Waals surface area (Å²) in [6.45, 7) is 0.908. The van der Waals surface area contributed by atoms with Crippen molar-refractivity contribution in [2.75, 3.05) is 20.7 Å². The third-order valence-corrected chi connectivity index (χ3v) is 3.91. The van der Waals surface area contributed by atoms with E-state index >= 15 is 0 Å². The molecule has 2 aromatic rings. The lowest BCUT2D eigenvalue weighted by Gasteiger charge is -2.02. The predicted octanol–water partition coefficient (Wildman–Crippen LogP) is 3.35. The normalized spacial score (nSPS) is 11.1. The fourth-order valence-electron chi connectivity index (χ4n) is 1.85. The molecule has 1 aromatic heterocycles. The first kappa shape index (κ1) is 12.7. The summed E-state index contributed by atoms with van der Waals surface area (Å²) in [4.78, 5) is 3.36. The fourth-order valence-corrected chi connectivity index (χ4v) is 2.92. The van der Waals surface area contributed by atoms with Gasteiger partial charge in [-0.15, -0.1) is 0 Å². The van der Waals surface area contributed by atoms with Crippen LogP contribution < -0.4 is 10.1 Å². The van der Waals surface area contributed by atoms with E-state index in [4.69, 9.17) is 16.3 Å². The largest absolute Gasteiger partial charge is 0.495 e. The number of likely N-dealkylation sites (N-methyl/N-ethyl adjacent to an activating group) is 1. The SMILES string of the molecule is CNCCc1[nH]c2c(OC)ccc(Cl)c2c1Br. The van der Waals surface area contributed by atoms with Crippen LogP contribution in [0.3, 0.4) is 0 Å². The van der Waals surface area contributed by atoms with Crippen molar-refractivity contribution in [1.82, 2.24) is 10.3 Å². The van der Waals surface area contributed by atoms with Crippen LogP contribution in [0.2, 0.25) is 5.02 Å². The monoisotopic (exact) mass is 316 g/mol. The summed E-state index contributed by atoms with van der Waals surface area (Å²) in [6.07, 6.45) is 0.908. The maximum Gasteiger partial charge on any atom is 0.143 e. The smallest absolute Gasteiger partial charge is 0.143 e. The zero-order chi connectivity index (χ0) is 12.4. The van der Waals surface area contributed by atoms with E-state index in [-0.39, 0.29) is 0 Å². The van der Waals surface area contributed by atoms with E-state index in [9.17, 15) is 0 Å². The van der Waals surface area contributed by atoms with Gasteiger partial charge in [-0.3, -0.25) is 0 Å². The lowest BCUT2D eigenvalue weighted by Crippen LogP contribution is -2.10. The second-order valence-corrected chi connectivity index (χ2v) is 4.97. The Morgan fingerprint density at radius 1 is 1.47 bits per heavy atom. The minimum absolute atomic E-state index is 0.722. The van der Waals surface area contributed by atoms with Crippen LogP contribution in [0.4, 0.5) is 0 Å². The van der Waals surface area contributed by atoms with Gasteiger partial charge in [-0.25, -0.2) is 0 Å². The highest BCUT2D eigenvalue weighted by Gasteiger charge is 2.15. The molecule has 0 aliphatic carbocycles. The first-order valence-electron chi connectivity index (χ1n) is 5.36. The molecule has 2 rings (SSSR count). The number of fused-ring (bicyclic) bond motifs is 1. The van der Waals surface area contributed by atoms with Gasteiger partial charge < -0.3 is 15.0 Å². The van der Waals surface area contributed by atoms with Crippen LogP contribution in [0.1, 0.15) is 5.69 Å². The van der Waals surface area contributed by atoms with Gasteiger partial charge in [0, 0.05) is 28.5 Å². The Morgan fingerprint density at radius 2 is 2.24 bits per heavy atom. The summed E-state index contributed by atoms with van der Waals surface area (Å²) in [5, 5.41) is 4.83. The van der Waals surface area contributed by atoms with E-state index < -0.39 is 0 Å². The van der Waals surface area contributed by atoms with E-state index in [1.165, 1.54) is 0 Å². The number of hydrogen-bond acceptors (Lipinski definition) is 2. The summed E-state index contributed by atoms with van der Waals surface area (Å²) in [5.74, 6) is 0.806. The molecule has 0 saturated carbocycles. The zero-order valence-corrected chi connectivity index (χ0v) is 12.1. The summed E-state index contributed by atoms with van der Waals surface area (Å²) < 4.78 is 6.35. The van der Waals surface area contributed by atoms with Gasteiger partial charge in [0.2, 0.25) is 0 Å². The van der Waals surface area contributed by atoms with Crippen LogP contribution in [-0.4, -0.2) is 25.7 Å². The molecule has 0 atom stereocenters. The number of methoxy groups -OCH3 is 1. The molecule has 0 aliphatic rings. The van der Waals surface area contributed by atoms with Gasteiger partial charge in [-0.2, -0.15) is 0 Å². The second-order valence-electron chi connectivity index (χ2n) is 3.77.